The van der Waals surface area contributed by atoms with Gasteiger partial charge in [0, 0.05) is 24.1 Å². The first-order valence-corrected chi connectivity index (χ1v) is 10.6. The summed E-state index contributed by atoms with van der Waals surface area (Å²) in [5.74, 6) is 1.01. The molecule has 2 aliphatic rings. The zero-order chi connectivity index (χ0) is 19.8. The van der Waals surface area contributed by atoms with Gasteiger partial charge in [-0.25, -0.2) is 0 Å². The van der Waals surface area contributed by atoms with E-state index >= 15 is 0 Å². The van der Waals surface area contributed by atoms with Crippen LogP contribution in [0.25, 0.3) is 0 Å². The first-order valence-electron chi connectivity index (χ1n) is 10.6. The maximum absolute atomic E-state index is 12.5. The van der Waals surface area contributed by atoms with Gasteiger partial charge in [0.05, 0.1) is 7.11 Å². The minimum Gasteiger partial charge on any atom is -0.497 e. The van der Waals surface area contributed by atoms with Crippen LogP contribution in [0.1, 0.15) is 57.8 Å². The van der Waals surface area contributed by atoms with Crippen molar-refractivity contribution in [1.29, 1.82) is 0 Å². The summed E-state index contributed by atoms with van der Waals surface area (Å²) < 4.78 is 5.13. The van der Waals surface area contributed by atoms with Gasteiger partial charge in [0.15, 0.2) is 0 Å². The maximum atomic E-state index is 12.5. The minimum atomic E-state index is -0.0152. The van der Waals surface area contributed by atoms with Crippen LogP contribution in [0.4, 0.5) is 5.69 Å². The number of rotatable bonds is 7. The highest BCUT2D eigenvalue weighted by Crippen LogP contribution is 2.30. The fraction of sp³-hybridized carbons (Fsp3) is 0.565. The average molecular weight is 385 g/mol. The summed E-state index contributed by atoms with van der Waals surface area (Å²) in [5.41, 5.74) is 2.27. The summed E-state index contributed by atoms with van der Waals surface area (Å²) in [5, 5.41) is 6.08. The van der Waals surface area contributed by atoms with E-state index < -0.39 is 0 Å². The van der Waals surface area contributed by atoms with Crippen molar-refractivity contribution in [3.8, 4) is 5.75 Å². The Morgan fingerprint density at radius 1 is 1.00 bits per heavy atom. The van der Waals surface area contributed by atoms with Crippen molar-refractivity contribution in [2.75, 3.05) is 19.0 Å². The molecule has 2 amide bonds. The Kier molecular flexibility index (Phi) is 7.52. The van der Waals surface area contributed by atoms with E-state index in [-0.39, 0.29) is 23.7 Å². The topological polar surface area (TPSA) is 67.4 Å². The van der Waals surface area contributed by atoms with Crippen molar-refractivity contribution >= 4 is 17.5 Å². The predicted molar refractivity (Wildman–Crippen MR) is 111 cm³/mol. The van der Waals surface area contributed by atoms with E-state index in [0.29, 0.717) is 0 Å². The molecule has 0 unspecified atom stereocenters. The highest BCUT2D eigenvalue weighted by Gasteiger charge is 2.29. The molecule has 1 aromatic rings. The fourth-order valence-electron chi connectivity index (χ4n) is 4.16. The number of anilines is 1. The van der Waals surface area contributed by atoms with Crippen LogP contribution in [0.15, 0.2) is 35.9 Å². The van der Waals surface area contributed by atoms with Gasteiger partial charge in [-0.15, -0.1) is 0 Å². The molecule has 0 radical (unpaired) electrons. The van der Waals surface area contributed by atoms with Gasteiger partial charge in [0.2, 0.25) is 11.8 Å². The van der Waals surface area contributed by atoms with Gasteiger partial charge in [-0.3, -0.25) is 9.59 Å². The molecule has 2 N–H and O–H groups in total. The smallest absolute Gasteiger partial charge is 0.227 e. The number of hydrogen-bond donors (Lipinski definition) is 2. The molecule has 0 aliphatic heterocycles. The van der Waals surface area contributed by atoms with Crippen molar-refractivity contribution in [2.45, 2.75) is 57.8 Å². The predicted octanol–water partition coefficient (Wildman–Crippen LogP) is 4.45. The van der Waals surface area contributed by atoms with Gasteiger partial charge in [-0.1, -0.05) is 11.6 Å². The third-order valence-electron chi connectivity index (χ3n) is 5.96. The fourth-order valence-corrected chi connectivity index (χ4v) is 4.16. The Bertz CT molecular complexity index is 688. The van der Waals surface area contributed by atoms with Crippen LogP contribution in [0.3, 0.4) is 0 Å². The molecule has 5 nitrogen and oxygen atoms in total. The van der Waals surface area contributed by atoms with Crippen LogP contribution in [0, 0.1) is 11.8 Å². The molecular formula is C23H32N2O3. The number of carbonyl (C=O) groups is 2. The molecule has 5 heteroatoms. The Hall–Kier alpha value is -2.30. The lowest BCUT2D eigenvalue weighted by molar-refractivity contribution is -0.128. The molecule has 0 saturated heterocycles. The normalized spacial score (nSPS) is 22.1. The number of carbonyl (C=O) groups excluding carboxylic acids is 2. The highest BCUT2D eigenvalue weighted by atomic mass is 16.5. The number of allylic oxidation sites excluding steroid dienone is 1. The monoisotopic (exact) mass is 384 g/mol. The van der Waals surface area contributed by atoms with E-state index in [2.05, 4.69) is 16.7 Å². The Balaban J connectivity index is 1.37. The van der Waals surface area contributed by atoms with Crippen molar-refractivity contribution in [3.05, 3.63) is 35.9 Å². The SMILES string of the molecule is COc1ccc(NC(=O)C2CCC(C(=O)NCCC3=CCCCC3)CC2)cc1. The Labute approximate surface area is 167 Å². The van der Waals surface area contributed by atoms with Crippen molar-refractivity contribution in [3.63, 3.8) is 0 Å². The molecule has 152 valence electrons. The quantitative estimate of drug-likeness (QED) is 0.683. The highest BCUT2D eigenvalue weighted by molar-refractivity contribution is 5.92. The Morgan fingerprint density at radius 3 is 2.29 bits per heavy atom. The molecule has 28 heavy (non-hydrogen) atoms. The van der Waals surface area contributed by atoms with E-state index in [1.807, 2.05) is 24.3 Å². The van der Waals surface area contributed by atoms with Crippen LogP contribution in [-0.4, -0.2) is 25.5 Å². The van der Waals surface area contributed by atoms with Crippen molar-refractivity contribution in [1.82, 2.24) is 5.32 Å². The van der Waals surface area contributed by atoms with Crippen molar-refractivity contribution in [2.24, 2.45) is 11.8 Å². The maximum Gasteiger partial charge on any atom is 0.227 e. The summed E-state index contributed by atoms with van der Waals surface area (Å²) in [7, 11) is 1.62. The van der Waals surface area contributed by atoms with E-state index in [0.717, 1.165) is 50.1 Å². The van der Waals surface area contributed by atoms with E-state index in [9.17, 15) is 9.59 Å². The summed E-state index contributed by atoms with van der Waals surface area (Å²) in [6, 6.07) is 7.36. The van der Waals surface area contributed by atoms with E-state index in [1.54, 1.807) is 7.11 Å². The second kappa shape index (κ2) is 10.3. The number of hydrogen-bond acceptors (Lipinski definition) is 3. The molecule has 0 heterocycles. The van der Waals surface area contributed by atoms with Crippen molar-refractivity contribution < 1.29 is 14.3 Å². The average Bonchev–Trinajstić information content (AvgIpc) is 2.75. The lowest BCUT2D eigenvalue weighted by Gasteiger charge is -2.27. The molecule has 2 aliphatic carbocycles. The van der Waals surface area contributed by atoms with Gasteiger partial charge in [0.1, 0.15) is 5.75 Å². The third-order valence-corrected chi connectivity index (χ3v) is 5.96. The van der Waals surface area contributed by atoms with Gasteiger partial charge in [0.25, 0.3) is 0 Å². The van der Waals surface area contributed by atoms with Gasteiger partial charge in [-0.2, -0.15) is 0 Å². The molecule has 0 bridgehead atoms. The minimum absolute atomic E-state index is 0.0152. The van der Waals surface area contributed by atoms with Gasteiger partial charge in [-0.05, 0) is 82.1 Å². The van der Waals surface area contributed by atoms with Crippen LogP contribution in [-0.2, 0) is 9.59 Å². The molecule has 0 spiro atoms. The zero-order valence-corrected chi connectivity index (χ0v) is 16.8. The number of methoxy groups -OCH3 is 1. The molecule has 1 saturated carbocycles. The molecule has 0 aromatic heterocycles. The summed E-state index contributed by atoms with van der Waals surface area (Å²) in [6.07, 6.45) is 11.4. The molecule has 3 rings (SSSR count). The summed E-state index contributed by atoms with van der Waals surface area (Å²) in [4.78, 5) is 24.9. The summed E-state index contributed by atoms with van der Waals surface area (Å²) >= 11 is 0. The first kappa shape index (κ1) is 20.4. The van der Waals surface area contributed by atoms with E-state index in [4.69, 9.17) is 4.74 Å². The van der Waals surface area contributed by atoms with Crippen LogP contribution < -0.4 is 15.4 Å². The zero-order valence-electron chi connectivity index (χ0n) is 16.8. The number of benzene rings is 1. The molecule has 0 atom stereocenters. The molecule has 1 aromatic carbocycles. The third kappa shape index (κ3) is 5.85. The van der Waals surface area contributed by atoms with Crippen LogP contribution in [0.2, 0.25) is 0 Å². The number of amides is 2. The van der Waals surface area contributed by atoms with Crippen LogP contribution >= 0.6 is 0 Å². The lowest BCUT2D eigenvalue weighted by Crippen LogP contribution is -2.36. The second-order valence-electron chi connectivity index (χ2n) is 7.92. The number of nitrogens with one attached hydrogen (secondary N) is 2. The Morgan fingerprint density at radius 2 is 1.68 bits per heavy atom. The summed E-state index contributed by atoms with van der Waals surface area (Å²) in [6.45, 7) is 0.739. The van der Waals surface area contributed by atoms with Gasteiger partial charge >= 0.3 is 0 Å². The first-order chi connectivity index (χ1) is 13.7. The van der Waals surface area contributed by atoms with E-state index in [1.165, 1.54) is 31.3 Å². The molecular weight excluding hydrogens is 352 g/mol. The van der Waals surface area contributed by atoms with Crippen LogP contribution in [0.5, 0.6) is 5.75 Å². The lowest BCUT2D eigenvalue weighted by atomic mass is 9.81. The van der Waals surface area contributed by atoms with Gasteiger partial charge < -0.3 is 15.4 Å². The number of ether oxygens (including phenoxy) is 1. The standard InChI is InChI=1S/C23H32N2O3/c1-28-21-13-11-20(12-14-21)25-23(27)19-9-7-18(8-10-19)22(26)24-16-15-17-5-3-2-4-6-17/h5,11-14,18-19H,2-4,6-10,15-16H2,1H3,(H,24,26)(H,25,27). The molecule has 1 fully saturated rings. The largest absolute Gasteiger partial charge is 0.497 e. The second-order valence-corrected chi connectivity index (χ2v) is 7.92.